The number of rotatable bonds is 4. The summed E-state index contributed by atoms with van der Waals surface area (Å²) in [4.78, 5) is 26.2. The van der Waals surface area contributed by atoms with Gasteiger partial charge in [-0.15, -0.1) is 0 Å². The molecule has 0 saturated heterocycles. The van der Waals surface area contributed by atoms with Crippen molar-refractivity contribution in [3.63, 3.8) is 0 Å². The standard InChI is InChI=1S/C20H22Cl2N2O2/c1-13(25)24(17-11-6-5-8-14(17)20(2,3)4)12-18(26)23-19-15(21)9-7-10-16(19)22/h5-11H,12H2,1-4H3,(H,23,26). The summed E-state index contributed by atoms with van der Waals surface area (Å²) in [5, 5.41) is 3.38. The number of halogens is 2. The van der Waals surface area contributed by atoms with Gasteiger partial charge in [-0.25, -0.2) is 0 Å². The normalized spacial score (nSPS) is 11.2. The molecule has 0 aliphatic heterocycles. The van der Waals surface area contributed by atoms with Crippen molar-refractivity contribution in [3.8, 4) is 0 Å². The number of hydrogen-bond acceptors (Lipinski definition) is 2. The molecule has 2 rings (SSSR count). The average molecular weight is 393 g/mol. The Bertz CT molecular complexity index is 809. The monoisotopic (exact) mass is 392 g/mol. The van der Waals surface area contributed by atoms with Gasteiger partial charge < -0.3 is 10.2 Å². The highest BCUT2D eigenvalue weighted by Crippen LogP contribution is 2.33. The molecule has 0 saturated carbocycles. The van der Waals surface area contributed by atoms with Crippen LogP contribution in [0.4, 0.5) is 11.4 Å². The lowest BCUT2D eigenvalue weighted by Gasteiger charge is -2.29. The first-order valence-corrected chi connectivity index (χ1v) is 8.98. The molecule has 138 valence electrons. The minimum absolute atomic E-state index is 0.135. The first-order chi connectivity index (χ1) is 12.1. The third kappa shape index (κ3) is 4.77. The predicted octanol–water partition coefficient (Wildman–Crippen LogP) is 5.28. The van der Waals surface area contributed by atoms with E-state index < -0.39 is 0 Å². The lowest BCUT2D eigenvalue weighted by molar-refractivity contribution is -0.120. The number of benzene rings is 2. The second-order valence-corrected chi connectivity index (χ2v) is 7.83. The van der Waals surface area contributed by atoms with Crippen LogP contribution in [0.15, 0.2) is 42.5 Å². The van der Waals surface area contributed by atoms with Gasteiger partial charge in [0.25, 0.3) is 0 Å². The maximum atomic E-state index is 12.5. The molecule has 1 N–H and O–H groups in total. The van der Waals surface area contributed by atoms with Crippen molar-refractivity contribution >= 4 is 46.4 Å². The van der Waals surface area contributed by atoms with Crippen LogP contribution in [0.1, 0.15) is 33.3 Å². The lowest BCUT2D eigenvalue weighted by Crippen LogP contribution is -2.38. The van der Waals surface area contributed by atoms with Crippen LogP contribution in [0, 0.1) is 0 Å². The van der Waals surface area contributed by atoms with E-state index in [1.165, 1.54) is 11.8 Å². The Kier molecular flexibility index (Phi) is 6.32. The minimum atomic E-state index is -0.376. The predicted molar refractivity (Wildman–Crippen MR) is 108 cm³/mol. The van der Waals surface area contributed by atoms with Gasteiger partial charge in [-0.1, -0.05) is 68.2 Å². The molecular weight excluding hydrogens is 371 g/mol. The third-order valence-corrected chi connectivity index (χ3v) is 4.54. The molecule has 0 spiro atoms. The fourth-order valence-electron chi connectivity index (χ4n) is 2.65. The van der Waals surface area contributed by atoms with Crippen LogP contribution >= 0.6 is 23.2 Å². The summed E-state index contributed by atoms with van der Waals surface area (Å²) in [6, 6.07) is 12.6. The number of para-hydroxylation sites is 2. The van der Waals surface area contributed by atoms with Crippen LogP contribution in [0.2, 0.25) is 10.0 Å². The molecule has 0 bridgehead atoms. The number of carbonyl (C=O) groups is 2. The number of nitrogens with zero attached hydrogens (tertiary/aromatic N) is 1. The molecule has 0 radical (unpaired) electrons. The van der Waals surface area contributed by atoms with E-state index in [1.807, 2.05) is 24.3 Å². The molecule has 2 amide bonds. The van der Waals surface area contributed by atoms with Crippen LogP contribution in [0.25, 0.3) is 0 Å². The highest BCUT2D eigenvalue weighted by Gasteiger charge is 2.24. The summed E-state index contributed by atoms with van der Waals surface area (Å²) >= 11 is 12.2. The van der Waals surface area contributed by atoms with E-state index in [9.17, 15) is 9.59 Å². The molecule has 0 atom stereocenters. The van der Waals surface area contributed by atoms with Gasteiger partial charge >= 0.3 is 0 Å². The van der Waals surface area contributed by atoms with Gasteiger partial charge in [0.05, 0.1) is 15.7 Å². The zero-order valence-corrected chi connectivity index (χ0v) is 16.8. The molecule has 0 aliphatic rings. The Balaban J connectivity index is 2.30. The van der Waals surface area contributed by atoms with Crippen LogP contribution in [-0.2, 0) is 15.0 Å². The van der Waals surface area contributed by atoms with Crippen LogP contribution in [0.3, 0.4) is 0 Å². The Hall–Kier alpha value is -2.04. The van der Waals surface area contributed by atoms with Gasteiger partial charge in [0.2, 0.25) is 11.8 Å². The maximum absolute atomic E-state index is 12.5. The van der Waals surface area contributed by atoms with Crippen LogP contribution < -0.4 is 10.2 Å². The molecule has 2 aromatic carbocycles. The summed E-state index contributed by atoms with van der Waals surface area (Å²) in [5.41, 5.74) is 1.87. The van der Waals surface area contributed by atoms with Gasteiger partial charge in [0.15, 0.2) is 0 Å². The summed E-state index contributed by atoms with van der Waals surface area (Å²) in [7, 11) is 0. The summed E-state index contributed by atoms with van der Waals surface area (Å²) < 4.78 is 0. The Morgan fingerprint density at radius 2 is 1.58 bits per heavy atom. The van der Waals surface area contributed by atoms with Gasteiger partial charge in [-0.2, -0.15) is 0 Å². The Morgan fingerprint density at radius 3 is 2.12 bits per heavy atom. The summed E-state index contributed by atoms with van der Waals surface area (Å²) in [5.74, 6) is -0.596. The van der Waals surface area contributed by atoms with Crippen molar-refractivity contribution in [2.75, 3.05) is 16.8 Å². The van der Waals surface area contributed by atoms with E-state index >= 15 is 0 Å². The highest BCUT2D eigenvalue weighted by atomic mass is 35.5. The molecule has 0 aromatic heterocycles. The fraction of sp³-hybridized carbons (Fsp3) is 0.300. The second-order valence-electron chi connectivity index (χ2n) is 7.02. The van der Waals surface area contributed by atoms with Crippen molar-refractivity contribution in [1.82, 2.24) is 0 Å². The van der Waals surface area contributed by atoms with Crippen molar-refractivity contribution < 1.29 is 9.59 Å². The number of nitrogens with one attached hydrogen (secondary N) is 1. The van der Waals surface area contributed by atoms with Gasteiger partial charge in [-0.05, 0) is 29.2 Å². The number of amides is 2. The first kappa shape index (κ1) is 20.3. The van der Waals surface area contributed by atoms with Crippen LogP contribution in [-0.4, -0.2) is 18.4 Å². The fourth-order valence-corrected chi connectivity index (χ4v) is 3.14. The Morgan fingerprint density at radius 1 is 1.00 bits per heavy atom. The van der Waals surface area contributed by atoms with Crippen LogP contribution in [0.5, 0.6) is 0 Å². The van der Waals surface area contributed by atoms with Gasteiger partial charge in [0, 0.05) is 12.6 Å². The molecule has 0 heterocycles. The molecule has 0 fully saturated rings. The minimum Gasteiger partial charge on any atom is -0.322 e. The largest absolute Gasteiger partial charge is 0.322 e. The van der Waals surface area contributed by atoms with Crippen molar-refractivity contribution in [1.29, 1.82) is 0 Å². The van der Waals surface area contributed by atoms with E-state index in [-0.39, 0.29) is 23.8 Å². The van der Waals surface area contributed by atoms with Crippen molar-refractivity contribution in [2.24, 2.45) is 0 Å². The van der Waals surface area contributed by atoms with E-state index in [0.29, 0.717) is 21.4 Å². The second kappa shape index (κ2) is 8.11. The van der Waals surface area contributed by atoms with E-state index in [0.717, 1.165) is 5.56 Å². The molecule has 26 heavy (non-hydrogen) atoms. The van der Waals surface area contributed by atoms with E-state index in [4.69, 9.17) is 23.2 Å². The van der Waals surface area contributed by atoms with Gasteiger partial charge in [-0.3, -0.25) is 9.59 Å². The molecule has 2 aromatic rings. The highest BCUT2D eigenvalue weighted by molar-refractivity contribution is 6.39. The lowest BCUT2D eigenvalue weighted by atomic mass is 9.85. The number of carbonyl (C=O) groups excluding carboxylic acids is 2. The van der Waals surface area contributed by atoms with Gasteiger partial charge in [0.1, 0.15) is 6.54 Å². The summed E-state index contributed by atoms with van der Waals surface area (Å²) in [6.07, 6.45) is 0. The number of hydrogen-bond donors (Lipinski definition) is 1. The van der Waals surface area contributed by atoms with Crippen molar-refractivity contribution in [3.05, 3.63) is 58.1 Å². The molecular formula is C20H22Cl2N2O2. The zero-order chi connectivity index (χ0) is 19.5. The zero-order valence-electron chi connectivity index (χ0n) is 15.3. The molecule has 0 aliphatic carbocycles. The topological polar surface area (TPSA) is 49.4 Å². The summed E-state index contributed by atoms with van der Waals surface area (Å²) in [6.45, 7) is 7.49. The SMILES string of the molecule is CC(=O)N(CC(=O)Nc1c(Cl)cccc1Cl)c1ccccc1C(C)(C)C. The molecule has 0 unspecified atom stereocenters. The van der Waals surface area contributed by atoms with E-state index in [1.54, 1.807) is 18.2 Å². The smallest absolute Gasteiger partial charge is 0.244 e. The maximum Gasteiger partial charge on any atom is 0.244 e. The average Bonchev–Trinajstić information content (AvgIpc) is 2.55. The Labute approximate surface area is 164 Å². The van der Waals surface area contributed by atoms with Crippen molar-refractivity contribution in [2.45, 2.75) is 33.1 Å². The third-order valence-electron chi connectivity index (χ3n) is 3.91. The number of anilines is 2. The molecule has 4 nitrogen and oxygen atoms in total. The quantitative estimate of drug-likeness (QED) is 0.768. The first-order valence-electron chi connectivity index (χ1n) is 8.22. The van der Waals surface area contributed by atoms with E-state index in [2.05, 4.69) is 26.1 Å². The molecule has 6 heteroatoms.